The first-order valence-electron chi connectivity index (χ1n) is 4.50. The standard InChI is InChI=1S/C11H19N/c1-5-8-12-10(4)9-11(6-2)7-3/h6,9,12H,2,4-5,7-8H2,1,3H3/b11-9+. The van der Waals surface area contributed by atoms with E-state index in [4.69, 9.17) is 0 Å². The molecule has 0 atom stereocenters. The highest BCUT2D eigenvalue weighted by molar-refractivity contribution is 5.25. The molecule has 0 bridgehead atoms. The van der Waals surface area contributed by atoms with Crippen molar-refractivity contribution in [3.05, 3.63) is 36.6 Å². The normalized spacial score (nSPS) is 11.0. The molecule has 0 heterocycles. The van der Waals surface area contributed by atoms with Crippen LogP contribution in [-0.4, -0.2) is 6.54 Å². The fourth-order valence-electron chi connectivity index (χ4n) is 0.866. The molecule has 0 aromatic heterocycles. The third kappa shape index (κ3) is 4.78. The van der Waals surface area contributed by atoms with Gasteiger partial charge in [0.1, 0.15) is 0 Å². The van der Waals surface area contributed by atoms with Gasteiger partial charge < -0.3 is 5.32 Å². The maximum atomic E-state index is 3.89. The second-order valence-electron chi connectivity index (χ2n) is 2.73. The van der Waals surface area contributed by atoms with Crippen molar-refractivity contribution >= 4 is 0 Å². The summed E-state index contributed by atoms with van der Waals surface area (Å²) in [4.78, 5) is 0. The number of hydrogen-bond acceptors (Lipinski definition) is 1. The fraction of sp³-hybridized carbons (Fsp3) is 0.455. The van der Waals surface area contributed by atoms with E-state index in [1.807, 2.05) is 12.2 Å². The molecule has 0 saturated carbocycles. The van der Waals surface area contributed by atoms with Gasteiger partial charge in [-0.3, -0.25) is 0 Å². The van der Waals surface area contributed by atoms with Gasteiger partial charge in [0, 0.05) is 12.2 Å². The molecule has 0 saturated heterocycles. The van der Waals surface area contributed by atoms with E-state index in [1.165, 1.54) is 5.57 Å². The Labute approximate surface area is 75.9 Å². The summed E-state index contributed by atoms with van der Waals surface area (Å²) in [7, 11) is 0. The van der Waals surface area contributed by atoms with Crippen LogP contribution >= 0.6 is 0 Å². The maximum absolute atomic E-state index is 3.89. The average molecular weight is 165 g/mol. The quantitative estimate of drug-likeness (QED) is 0.596. The molecule has 0 spiro atoms. The largest absolute Gasteiger partial charge is 0.386 e. The number of allylic oxidation sites excluding steroid dienone is 3. The lowest BCUT2D eigenvalue weighted by atomic mass is 10.2. The number of hydrogen-bond donors (Lipinski definition) is 1. The van der Waals surface area contributed by atoms with Crippen LogP contribution in [0.1, 0.15) is 26.7 Å². The number of nitrogens with one attached hydrogen (secondary N) is 1. The molecule has 0 aromatic rings. The Morgan fingerprint density at radius 2 is 2.08 bits per heavy atom. The lowest BCUT2D eigenvalue weighted by Gasteiger charge is -2.04. The summed E-state index contributed by atoms with van der Waals surface area (Å²) < 4.78 is 0. The van der Waals surface area contributed by atoms with Crippen LogP contribution in [0, 0.1) is 0 Å². The van der Waals surface area contributed by atoms with E-state index in [1.54, 1.807) is 0 Å². The summed E-state index contributed by atoms with van der Waals surface area (Å²) in [5.41, 5.74) is 2.21. The first-order valence-corrected chi connectivity index (χ1v) is 4.50. The lowest BCUT2D eigenvalue weighted by Crippen LogP contribution is -2.11. The first-order chi connectivity index (χ1) is 5.74. The predicted molar refractivity (Wildman–Crippen MR) is 56.0 cm³/mol. The second-order valence-corrected chi connectivity index (χ2v) is 2.73. The maximum Gasteiger partial charge on any atom is 0.0269 e. The van der Waals surface area contributed by atoms with Crippen LogP contribution in [0.25, 0.3) is 0 Å². The summed E-state index contributed by atoms with van der Waals surface area (Å²) in [5, 5.41) is 3.21. The SMILES string of the molecule is C=C/C(=C\C(=C)NCCC)CC. The number of rotatable bonds is 6. The second kappa shape index (κ2) is 6.71. The van der Waals surface area contributed by atoms with Crippen molar-refractivity contribution in [3.8, 4) is 0 Å². The minimum Gasteiger partial charge on any atom is -0.386 e. The lowest BCUT2D eigenvalue weighted by molar-refractivity contribution is 0.785. The molecule has 0 fully saturated rings. The average Bonchev–Trinajstić information content (AvgIpc) is 2.10. The monoisotopic (exact) mass is 165 g/mol. The van der Waals surface area contributed by atoms with Crippen LogP contribution < -0.4 is 5.32 Å². The van der Waals surface area contributed by atoms with Crippen molar-refractivity contribution in [3.63, 3.8) is 0 Å². The molecule has 0 aromatic carbocycles. The molecule has 12 heavy (non-hydrogen) atoms. The van der Waals surface area contributed by atoms with Gasteiger partial charge in [-0.25, -0.2) is 0 Å². The van der Waals surface area contributed by atoms with Crippen molar-refractivity contribution in [1.29, 1.82) is 0 Å². The third-order valence-corrected chi connectivity index (χ3v) is 1.63. The summed E-state index contributed by atoms with van der Waals surface area (Å²) in [6, 6.07) is 0. The van der Waals surface area contributed by atoms with E-state index in [2.05, 4.69) is 32.3 Å². The molecule has 0 amide bonds. The van der Waals surface area contributed by atoms with Gasteiger partial charge in [-0.15, -0.1) is 0 Å². The van der Waals surface area contributed by atoms with Crippen molar-refractivity contribution in [2.45, 2.75) is 26.7 Å². The molecule has 68 valence electrons. The Bertz CT molecular complexity index is 177. The molecular formula is C11H19N. The van der Waals surface area contributed by atoms with E-state index >= 15 is 0 Å². The summed E-state index contributed by atoms with van der Waals surface area (Å²) >= 11 is 0. The van der Waals surface area contributed by atoms with Crippen LogP contribution in [-0.2, 0) is 0 Å². The van der Waals surface area contributed by atoms with Gasteiger partial charge in [0.05, 0.1) is 0 Å². The Morgan fingerprint density at radius 1 is 1.42 bits per heavy atom. The van der Waals surface area contributed by atoms with E-state index in [0.717, 1.165) is 25.1 Å². The highest BCUT2D eigenvalue weighted by Gasteiger charge is 1.89. The third-order valence-electron chi connectivity index (χ3n) is 1.63. The van der Waals surface area contributed by atoms with Gasteiger partial charge in [0.15, 0.2) is 0 Å². The van der Waals surface area contributed by atoms with Gasteiger partial charge in [0.2, 0.25) is 0 Å². The molecular weight excluding hydrogens is 146 g/mol. The predicted octanol–water partition coefficient (Wildman–Crippen LogP) is 3.02. The molecule has 0 aliphatic carbocycles. The van der Waals surface area contributed by atoms with E-state index in [0.29, 0.717) is 0 Å². The summed E-state index contributed by atoms with van der Waals surface area (Å²) in [6.07, 6.45) is 6.06. The molecule has 0 rings (SSSR count). The van der Waals surface area contributed by atoms with Crippen molar-refractivity contribution < 1.29 is 0 Å². The molecule has 1 nitrogen and oxygen atoms in total. The van der Waals surface area contributed by atoms with E-state index in [-0.39, 0.29) is 0 Å². The topological polar surface area (TPSA) is 12.0 Å². The van der Waals surface area contributed by atoms with Gasteiger partial charge in [0.25, 0.3) is 0 Å². The summed E-state index contributed by atoms with van der Waals surface area (Å²) in [5.74, 6) is 0. The Hall–Kier alpha value is -0.980. The smallest absolute Gasteiger partial charge is 0.0269 e. The van der Waals surface area contributed by atoms with Crippen LogP contribution in [0.15, 0.2) is 36.6 Å². The van der Waals surface area contributed by atoms with E-state index in [9.17, 15) is 0 Å². The molecule has 1 N–H and O–H groups in total. The van der Waals surface area contributed by atoms with Gasteiger partial charge in [-0.1, -0.05) is 33.1 Å². The molecule has 0 aliphatic heterocycles. The van der Waals surface area contributed by atoms with Crippen LogP contribution in [0.4, 0.5) is 0 Å². The zero-order valence-electron chi connectivity index (χ0n) is 8.19. The molecule has 0 aliphatic rings. The van der Waals surface area contributed by atoms with Gasteiger partial charge in [-0.05, 0) is 24.5 Å². The van der Waals surface area contributed by atoms with Crippen molar-refractivity contribution in [1.82, 2.24) is 5.32 Å². The van der Waals surface area contributed by atoms with Gasteiger partial charge >= 0.3 is 0 Å². The Balaban J connectivity index is 3.93. The minimum absolute atomic E-state index is 0.980. The zero-order chi connectivity index (χ0) is 9.40. The first kappa shape index (κ1) is 11.0. The van der Waals surface area contributed by atoms with Crippen LogP contribution in [0.5, 0.6) is 0 Å². The Morgan fingerprint density at radius 3 is 2.50 bits per heavy atom. The Kier molecular flexibility index (Phi) is 6.16. The summed E-state index contributed by atoms with van der Waals surface area (Å²) in [6.45, 7) is 12.9. The van der Waals surface area contributed by atoms with Crippen molar-refractivity contribution in [2.75, 3.05) is 6.54 Å². The molecule has 0 unspecified atom stereocenters. The minimum atomic E-state index is 0.980. The van der Waals surface area contributed by atoms with Gasteiger partial charge in [-0.2, -0.15) is 0 Å². The van der Waals surface area contributed by atoms with Crippen molar-refractivity contribution in [2.24, 2.45) is 0 Å². The van der Waals surface area contributed by atoms with Crippen LogP contribution in [0.2, 0.25) is 0 Å². The fourth-order valence-corrected chi connectivity index (χ4v) is 0.866. The zero-order valence-corrected chi connectivity index (χ0v) is 8.19. The molecule has 0 radical (unpaired) electrons. The molecule has 1 heteroatoms. The highest BCUT2D eigenvalue weighted by atomic mass is 14.9. The highest BCUT2D eigenvalue weighted by Crippen LogP contribution is 2.03. The van der Waals surface area contributed by atoms with E-state index < -0.39 is 0 Å². The van der Waals surface area contributed by atoms with Crippen LogP contribution in [0.3, 0.4) is 0 Å².